The number of nitrogens with one attached hydrogen (secondary N) is 2. The van der Waals surface area contributed by atoms with Gasteiger partial charge in [0.15, 0.2) is 0 Å². The maximum Gasteiger partial charge on any atom is 0.225 e. The van der Waals surface area contributed by atoms with Crippen molar-refractivity contribution >= 4 is 27.5 Å². The number of benzene rings is 1. The molecule has 0 aliphatic carbocycles. The SMILES string of the molecule is Cc1cc(Br)ccc1NC(=O)CCNC1CCCOC1. The molecule has 1 atom stereocenters. The number of carbonyl (C=O) groups excluding carboxylic acids is 1. The summed E-state index contributed by atoms with van der Waals surface area (Å²) in [6.45, 7) is 4.29. The van der Waals surface area contributed by atoms with Crippen LogP contribution in [0.2, 0.25) is 0 Å². The number of hydrogen-bond acceptors (Lipinski definition) is 3. The molecule has 2 rings (SSSR count). The van der Waals surface area contributed by atoms with Gasteiger partial charge in [0.25, 0.3) is 0 Å². The molecule has 0 radical (unpaired) electrons. The van der Waals surface area contributed by atoms with Gasteiger partial charge in [-0.25, -0.2) is 0 Å². The first-order chi connectivity index (χ1) is 9.65. The number of aryl methyl sites for hydroxylation is 1. The van der Waals surface area contributed by atoms with Crippen molar-refractivity contribution in [2.45, 2.75) is 32.2 Å². The van der Waals surface area contributed by atoms with Gasteiger partial charge >= 0.3 is 0 Å². The van der Waals surface area contributed by atoms with Gasteiger partial charge in [-0.05, 0) is 43.5 Å². The van der Waals surface area contributed by atoms with Crippen LogP contribution >= 0.6 is 15.9 Å². The molecule has 2 N–H and O–H groups in total. The maximum atomic E-state index is 11.9. The Balaban J connectivity index is 1.72. The molecule has 1 aliphatic heterocycles. The van der Waals surface area contributed by atoms with Crippen molar-refractivity contribution in [3.63, 3.8) is 0 Å². The number of hydrogen-bond donors (Lipinski definition) is 2. The second-order valence-corrected chi connectivity index (χ2v) is 6.04. The normalized spacial score (nSPS) is 18.8. The lowest BCUT2D eigenvalue weighted by atomic mass is 10.1. The average Bonchev–Trinajstić information content (AvgIpc) is 2.43. The first-order valence-electron chi connectivity index (χ1n) is 7.02. The fraction of sp³-hybridized carbons (Fsp3) is 0.533. The Morgan fingerprint density at radius 1 is 1.50 bits per heavy atom. The van der Waals surface area contributed by atoms with Gasteiger partial charge in [-0.1, -0.05) is 15.9 Å². The van der Waals surface area contributed by atoms with Crippen molar-refractivity contribution in [1.29, 1.82) is 0 Å². The molecule has 0 aromatic heterocycles. The van der Waals surface area contributed by atoms with Crippen LogP contribution in [0.5, 0.6) is 0 Å². The average molecular weight is 341 g/mol. The van der Waals surface area contributed by atoms with E-state index < -0.39 is 0 Å². The molecule has 1 aromatic rings. The van der Waals surface area contributed by atoms with Crippen molar-refractivity contribution in [3.8, 4) is 0 Å². The van der Waals surface area contributed by atoms with E-state index in [-0.39, 0.29) is 5.91 Å². The lowest BCUT2D eigenvalue weighted by Crippen LogP contribution is -2.38. The monoisotopic (exact) mass is 340 g/mol. The highest BCUT2D eigenvalue weighted by Crippen LogP contribution is 2.20. The molecule has 4 nitrogen and oxygen atoms in total. The highest BCUT2D eigenvalue weighted by atomic mass is 79.9. The molecule has 1 fully saturated rings. The number of anilines is 1. The third-order valence-corrected chi connectivity index (χ3v) is 3.90. The van der Waals surface area contributed by atoms with Gasteiger partial charge in [-0.15, -0.1) is 0 Å². The van der Waals surface area contributed by atoms with Gasteiger partial charge in [0.05, 0.1) is 6.61 Å². The first-order valence-corrected chi connectivity index (χ1v) is 7.81. The van der Waals surface area contributed by atoms with Crippen molar-refractivity contribution in [3.05, 3.63) is 28.2 Å². The van der Waals surface area contributed by atoms with Crippen molar-refractivity contribution in [2.24, 2.45) is 0 Å². The van der Waals surface area contributed by atoms with Crippen LogP contribution in [0.1, 0.15) is 24.8 Å². The Morgan fingerprint density at radius 3 is 3.05 bits per heavy atom. The van der Waals surface area contributed by atoms with Gasteiger partial charge in [0.1, 0.15) is 0 Å². The van der Waals surface area contributed by atoms with Crippen molar-refractivity contribution in [2.75, 3.05) is 25.1 Å². The summed E-state index contributed by atoms with van der Waals surface area (Å²) in [5.74, 6) is 0.0413. The molecule has 110 valence electrons. The van der Waals surface area contributed by atoms with Crippen LogP contribution in [-0.2, 0) is 9.53 Å². The molecule has 0 bridgehead atoms. The Kier molecular flexibility index (Phi) is 6.01. The van der Waals surface area contributed by atoms with E-state index in [4.69, 9.17) is 4.74 Å². The van der Waals surface area contributed by atoms with E-state index >= 15 is 0 Å². The quantitative estimate of drug-likeness (QED) is 0.866. The lowest BCUT2D eigenvalue weighted by Gasteiger charge is -2.23. The zero-order chi connectivity index (χ0) is 14.4. The third-order valence-electron chi connectivity index (χ3n) is 3.41. The molecule has 1 amide bonds. The number of rotatable bonds is 5. The van der Waals surface area contributed by atoms with Gasteiger partial charge in [0.2, 0.25) is 5.91 Å². The maximum absolute atomic E-state index is 11.9. The van der Waals surface area contributed by atoms with Crippen LogP contribution in [-0.4, -0.2) is 31.7 Å². The van der Waals surface area contributed by atoms with Crippen molar-refractivity contribution < 1.29 is 9.53 Å². The summed E-state index contributed by atoms with van der Waals surface area (Å²) < 4.78 is 6.42. The van der Waals surface area contributed by atoms with Gasteiger partial charge in [-0.3, -0.25) is 4.79 Å². The molecular formula is C15H21BrN2O2. The zero-order valence-corrected chi connectivity index (χ0v) is 13.3. The van der Waals surface area contributed by atoms with Crippen LogP contribution in [0.25, 0.3) is 0 Å². The second-order valence-electron chi connectivity index (χ2n) is 5.13. The predicted octanol–water partition coefficient (Wildman–Crippen LogP) is 2.85. The van der Waals surface area contributed by atoms with Crippen LogP contribution in [0.4, 0.5) is 5.69 Å². The second kappa shape index (κ2) is 7.76. The van der Waals surface area contributed by atoms with E-state index in [0.29, 0.717) is 19.0 Å². The van der Waals surface area contributed by atoms with Crippen molar-refractivity contribution in [1.82, 2.24) is 5.32 Å². The van der Waals surface area contributed by atoms with Gasteiger partial charge in [-0.2, -0.15) is 0 Å². The number of amides is 1. The molecule has 0 spiro atoms. The highest BCUT2D eigenvalue weighted by molar-refractivity contribution is 9.10. The number of carbonyl (C=O) groups is 1. The fourth-order valence-electron chi connectivity index (χ4n) is 2.27. The van der Waals surface area contributed by atoms with E-state index in [1.807, 2.05) is 25.1 Å². The summed E-state index contributed by atoms with van der Waals surface area (Å²) in [6.07, 6.45) is 2.71. The highest BCUT2D eigenvalue weighted by Gasteiger charge is 2.13. The molecule has 1 aliphatic rings. The molecule has 1 unspecified atom stereocenters. The van der Waals surface area contributed by atoms with E-state index in [0.717, 1.165) is 41.8 Å². The molecular weight excluding hydrogens is 320 g/mol. The van der Waals surface area contributed by atoms with Gasteiger partial charge < -0.3 is 15.4 Å². The summed E-state index contributed by atoms with van der Waals surface area (Å²) in [7, 11) is 0. The molecule has 20 heavy (non-hydrogen) atoms. The summed E-state index contributed by atoms with van der Waals surface area (Å²) in [5.41, 5.74) is 1.93. The molecule has 1 saturated heterocycles. The molecule has 5 heteroatoms. The summed E-state index contributed by atoms with van der Waals surface area (Å²) in [5, 5.41) is 6.31. The Labute approximate surface area is 128 Å². The predicted molar refractivity (Wildman–Crippen MR) is 84.0 cm³/mol. The Bertz CT molecular complexity index is 459. The zero-order valence-electron chi connectivity index (χ0n) is 11.7. The standard InChI is InChI=1S/C15H21BrN2O2/c1-11-9-12(16)4-5-14(11)18-15(19)6-7-17-13-3-2-8-20-10-13/h4-5,9,13,17H,2-3,6-8,10H2,1H3,(H,18,19). The first kappa shape index (κ1) is 15.5. The third kappa shape index (κ3) is 4.89. The minimum atomic E-state index is 0.0413. The Morgan fingerprint density at radius 2 is 2.35 bits per heavy atom. The number of ether oxygens (including phenoxy) is 1. The van der Waals surface area contributed by atoms with E-state index in [9.17, 15) is 4.79 Å². The molecule has 1 aromatic carbocycles. The molecule has 1 heterocycles. The minimum absolute atomic E-state index is 0.0413. The van der Waals surface area contributed by atoms with Crippen LogP contribution in [0, 0.1) is 6.92 Å². The largest absolute Gasteiger partial charge is 0.380 e. The van der Waals surface area contributed by atoms with Gasteiger partial charge in [0, 0.05) is 35.8 Å². The van der Waals surface area contributed by atoms with E-state index in [1.165, 1.54) is 0 Å². The summed E-state index contributed by atoms with van der Waals surface area (Å²) in [4.78, 5) is 11.9. The number of halogens is 1. The smallest absolute Gasteiger partial charge is 0.225 e. The van der Waals surface area contributed by atoms with E-state index in [2.05, 4.69) is 26.6 Å². The van der Waals surface area contributed by atoms with Crippen LogP contribution in [0.15, 0.2) is 22.7 Å². The van der Waals surface area contributed by atoms with E-state index in [1.54, 1.807) is 0 Å². The van der Waals surface area contributed by atoms with Crippen LogP contribution in [0.3, 0.4) is 0 Å². The summed E-state index contributed by atoms with van der Waals surface area (Å²) in [6, 6.07) is 6.23. The Hall–Kier alpha value is -0.910. The molecule has 0 saturated carbocycles. The minimum Gasteiger partial charge on any atom is -0.380 e. The fourth-order valence-corrected chi connectivity index (χ4v) is 2.75. The topological polar surface area (TPSA) is 50.4 Å². The van der Waals surface area contributed by atoms with Crippen LogP contribution < -0.4 is 10.6 Å². The summed E-state index contributed by atoms with van der Waals surface area (Å²) >= 11 is 3.41. The lowest BCUT2D eigenvalue weighted by molar-refractivity contribution is -0.116.